The molecule has 3 amide bonds. The van der Waals surface area contributed by atoms with Crippen LogP contribution in [0.15, 0.2) is 45.6 Å². The molecule has 0 atom stereocenters. The minimum atomic E-state index is -4.72. The number of carbonyl (C=O) groups is 2. The van der Waals surface area contributed by atoms with Gasteiger partial charge < -0.3 is 9.15 Å². The van der Waals surface area contributed by atoms with E-state index in [0.29, 0.717) is 55.5 Å². The fourth-order valence-corrected chi connectivity index (χ4v) is 4.51. The second kappa shape index (κ2) is 11.4. The minimum absolute atomic E-state index is 0.0433. The van der Waals surface area contributed by atoms with Gasteiger partial charge in [0, 0.05) is 29.6 Å². The van der Waals surface area contributed by atoms with E-state index in [1.54, 1.807) is 0 Å². The second-order valence-corrected chi connectivity index (χ2v) is 9.10. The molecule has 0 spiro atoms. The van der Waals surface area contributed by atoms with Crippen LogP contribution in [-0.4, -0.2) is 36.5 Å². The monoisotopic (exact) mass is 552 g/mol. The van der Waals surface area contributed by atoms with Gasteiger partial charge in [-0.2, -0.15) is 13.2 Å². The molecule has 7 nitrogen and oxygen atoms in total. The first-order chi connectivity index (χ1) is 18.5. The van der Waals surface area contributed by atoms with Gasteiger partial charge in [-0.15, -0.1) is 0 Å². The van der Waals surface area contributed by atoms with Crippen molar-refractivity contribution in [3.8, 4) is 5.75 Å². The van der Waals surface area contributed by atoms with Gasteiger partial charge in [-0.05, 0) is 49.9 Å². The highest BCUT2D eigenvalue weighted by molar-refractivity contribution is 6.12. The molecule has 1 saturated heterocycles. The number of aryl methyl sites for hydroxylation is 1. The summed E-state index contributed by atoms with van der Waals surface area (Å²) in [5.41, 5.74) is -1.98. The largest absolute Gasteiger partial charge is 0.493 e. The van der Waals surface area contributed by atoms with Gasteiger partial charge in [-0.3, -0.25) is 14.6 Å². The molecule has 1 aromatic heterocycles. The topological polar surface area (TPSA) is 80.1 Å². The summed E-state index contributed by atoms with van der Waals surface area (Å²) in [5, 5.41) is -0.215. The van der Waals surface area contributed by atoms with E-state index in [9.17, 15) is 36.3 Å². The molecule has 2 aromatic carbocycles. The predicted molar refractivity (Wildman–Crippen MR) is 132 cm³/mol. The summed E-state index contributed by atoms with van der Waals surface area (Å²) in [6.07, 6.45) is -2.31. The van der Waals surface area contributed by atoms with Crippen molar-refractivity contribution in [2.45, 2.75) is 45.2 Å². The normalized spacial score (nSPS) is 14.1. The van der Waals surface area contributed by atoms with Crippen LogP contribution in [0.4, 0.5) is 32.4 Å². The number of imide groups is 1. The van der Waals surface area contributed by atoms with E-state index in [1.165, 1.54) is 12.1 Å². The van der Waals surface area contributed by atoms with E-state index in [0.717, 1.165) is 21.9 Å². The van der Waals surface area contributed by atoms with Crippen LogP contribution in [-0.2, 0) is 17.4 Å². The number of amides is 3. The fraction of sp³-hybridized carbons (Fsp3) is 0.370. The van der Waals surface area contributed by atoms with Crippen LogP contribution in [0, 0.1) is 11.6 Å². The first-order valence-electron chi connectivity index (χ1n) is 12.4. The minimum Gasteiger partial charge on any atom is -0.493 e. The number of rotatable bonds is 10. The van der Waals surface area contributed by atoms with Crippen molar-refractivity contribution in [3.05, 3.63) is 69.6 Å². The van der Waals surface area contributed by atoms with Crippen LogP contribution >= 0.6 is 0 Å². The summed E-state index contributed by atoms with van der Waals surface area (Å²) in [5.74, 6) is -1.89. The molecule has 4 rings (SSSR count). The van der Waals surface area contributed by atoms with Crippen LogP contribution in [0.25, 0.3) is 11.0 Å². The lowest BCUT2D eigenvalue weighted by molar-refractivity contribution is -0.136. The lowest BCUT2D eigenvalue weighted by atomic mass is 10.0. The Hall–Kier alpha value is -3.96. The molecule has 2 heterocycles. The maximum atomic E-state index is 13.5. The zero-order valence-corrected chi connectivity index (χ0v) is 20.9. The lowest BCUT2D eigenvalue weighted by Gasteiger charge is -2.17. The predicted octanol–water partition coefficient (Wildman–Crippen LogP) is 6.06. The van der Waals surface area contributed by atoms with Crippen molar-refractivity contribution < 1.29 is 40.7 Å². The number of anilines is 1. The smallest absolute Gasteiger partial charge is 0.417 e. The molecular formula is C27H25F5N2O5. The van der Waals surface area contributed by atoms with Gasteiger partial charge in [0.25, 0.3) is 5.91 Å². The first-order valence-corrected chi connectivity index (χ1v) is 12.4. The Morgan fingerprint density at radius 1 is 0.974 bits per heavy atom. The molecule has 0 aliphatic carbocycles. The van der Waals surface area contributed by atoms with Crippen molar-refractivity contribution >= 4 is 28.6 Å². The van der Waals surface area contributed by atoms with Gasteiger partial charge in [-0.25, -0.2) is 18.4 Å². The Balaban J connectivity index is 1.35. The van der Waals surface area contributed by atoms with Crippen LogP contribution in [0.1, 0.15) is 43.7 Å². The zero-order valence-electron chi connectivity index (χ0n) is 20.9. The van der Waals surface area contributed by atoms with Crippen molar-refractivity contribution in [1.29, 1.82) is 0 Å². The summed E-state index contributed by atoms with van der Waals surface area (Å²) in [4.78, 5) is 38.8. The Morgan fingerprint density at radius 2 is 1.69 bits per heavy atom. The molecule has 39 heavy (non-hydrogen) atoms. The van der Waals surface area contributed by atoms with Gasteiger partial charge in [0.15, 0.2) is 0 Å². The van der Waals surface area contributed by atoms with Gasteiger partial charge in [0.05, 0.1) is 17.9 Å². The number of nitrogens with zero attached hydrogens (tertiary/aromatic N) is 2. The third-order valence-corrected chi connectivity index (χ3v) is 6.28. The number of hydrogen-bond acceptors (Lipinski definition) is 5. The number of fused-ring (bicyclic) bond motifs is 1. The van der Waals surface area contributed by atoms with Gasteiger partial charge in [0.1, 0.15) is 29.5 Å². The number of urea groups is 1. The van der Waals surface area contributed by atoms with E-state index in [1.807, 2.05) is 6.92 Å². The van der Waals surface area contributed by atoms with Crippen LogP contribution in [0.5, 0.6) is 5.75 Å². The SMILES string of the molecule is CCCc1c(OCCCCCN2C(=O)CN(c3cc(F)cc(F)c3)C2=O)ccc2c(C(F)(F)F)cc(=O)oc12. The molecule has 3 aromatic rings. The maximum Gasteiger partial charge on any atom is 0.417 e. The quantitative estimate of drug-likeness (QED) is 0.132. The molecule has 1 fully saturated rings. The van der Waals surface area contributed by atoms with Crippen LogP contribution in [0.2, 0.25) is 0 Å². The molecule has 1 aliphatic heterocycles. The second-order valence-electron chi connectivity index (χ2n) is 9.10. The number of alkyl halides is 3. The van der Waals surface area contributed by atoms with Crippen LogP contribution < -0.4 is 15.3 Å². The lowest BCUT2D eigenvalue weighted by Crippen LogP contribution is -2.33. The number of unbranched alkanes of at least 4 members (excludes halogenated alkanes) is 2. The van der Waals surface area contributed by atoms with E-state index in [-0.39, 0.29) is 36.4 Å². The molecule has 0 saturated carbocycles. The highest BCUT2D eigenvalue weighted by Crippen LogP contribution is 2.37. The maximum absolute atomic E-state index is 13.5. The van der Waals surface area contributed by atoms with Crippen molar-refractivity contribution in [2.75, 3.05) is 24.6 Å². The van der Waals surface area contributed by atoms with Gasteiger partial charge >= 0.3 is 17.8 Å². The number of ether oxygens (including phenoxy) is 1. The van der Waals surface area contributed by atoms with Crippen LogP contribution in [0.3, 0.4) is 0 Å². The van der Waals surface area contributed by atoms with E-state index in [4.69, 9.17) is 9.15 Å². The average Bonchev–Trinajstić information content (AvgIpc) is 3.14. The Bertz CT molecular complexity index is 1430. The number of carbonyl (C=O) groups excluding carboxylic acids is 2. The Morgan fingerprint density at radius 3 is 2.36 bits per heavy atom. The summed E-state index contributed by atoms with van der Waals surface area (Å²) in [7, 11) is 0. The Labute approximate surface area is 219 Å². The standard InChI is InChI=1S/C27H25F5N2O5/c1-2-6-20-22(8-7-19-21(27(30,31)32)14-24(36)39-25(19)20)38-10-5-3-4-9-33-23(35)15-34(26(33)37)18-12-16(28)11-17(29)13-18/h7-8,11-14H,2-6,9-10,15H2,1H3. The molecule has 0 N–H and O–H groups in total. The molecule has 0 unspecified atom stereocenters. The highest BCUT2D eigenvalue weighted by Gasteiger charge is 2.37. The number of halogens is 5. The fourth-order valence-electron chi connectivity index (χ4n) is 4.51. The van der Waals surface area contributed by atoms with E-state index in [2.05, 4.69) is 0 Å². The summed E-state index contributed by atoms with van der Waals surface area (Å²) in [6, 6.07) is 5.04. The zero-order chi connectivity index (χ0) is 28.3. The molecule has 208 valence electrons. The molecular weight excluding hydrogens is 527 g/mol. The van der Waals surface area contributed by atoms with Crippen molar-refractivity contribution in [1.82, 2.24) is 4.90 Å². The average molecular weight is 552 g/mol. The highest BCUT2D eigenvalue weighted by atomic mass is 19.4. The van der Waals surface area contributed by atoms with Gasteiger partial charge in [0.2, 0.25) is 0 Å². The number of benzene rings is 2. The van der Waals surface area contributed by atoms with Gasteiger partial charge in [-0.1, -0.05) is 13.3 Å². The van der Waals surface area contributed by atoms with Crippen molar-refractivity contribution in [3.63, 3.8) is 0 Å². The summed E-state index contributed by atoms with van der Waals surface area (Å²) < 4.78 is 78.3. The van der Waals surface area contributed by atoms with E-state index < -0.39 is 40.9 Å². The summed E-state index contributed by atoms with van der Waals surface area (Å²) >= 11 is 0. The third kappa shape index (κ3) is 6.21. The molecule has 1 aliphatic rings. The molecule has 0 bridgehead atoms. The molecule has 0 radical (unpaired) electrons. The van der Waals surface area contributed by atoms with E-state index >= 15 is 0 Å². The van der Waals surface area contributed by atoms with Crippen molar-refractivity contribution in [2.24, 2.45) is 0 Å². The Kier molecular flexibility index (Phi) is 8.22. The number of hydrogen-bond donors (Lipinski definition) is 0. The summed E-state index contributed by atoms with van der Waals surface area (Å²) in [6.45, 7) is 1.82. The molecule has 12 heteroatoms. The first kappa shape index (κ1) is 28.1. The third-order valence-electron chi connectivity index (χ3n) is 6.28.